The first-order valence-electron chi connectivity index (χ1n) is 8.31. The van der Waals surface area contributed by atoms with Crippen LogP contribution in [-0.2, 0) is 4.79 Å². The van der Waals surface area contributed by atoms with Crippen LogP contribution in [0.2, 0.25) is 0 Å². The van der Waals surface area contributed by atoms with Crippen molar-refractivity contribution >= 4 is 34.2 Å². The van der Waals surface area contributed by atoms with Gasteiger partial charge in [0.25, 0.3) is 11.8 Å². The monoisotopic (exact) mass is 374 g/mol. The molecule has 0 aliphatic rings. The van der Waals surface area contributed by atoms with Gasteiger partial charge in [0.05, 0.1) is 5.69 Å². The van der Waals surface area contributed by atoms with Gasteiger partial charge < -0.3 is 16.0 Å². The van der Waals surface area contributed by atoms with Crippen molar-refractivity contribution in [3.63, 3.8) is 0 Å². The summed E-state index contributed by atoms with van der Waals surface area (Å²) < 4.78 is 0. The average Bonchev–Trinajstić information content (AvgIpc) is 2.95. The molecule has 2 aromatic rings. The summed E-state index contributed by atoms with van der Waals surface area (Å²) in [6.07, 6.45) is 0.118. The zero-order valence-electron chi connectivity index (χ0n) is 15.0. The first-order chi connectivity index (χ1) is 12.4. The molecule has 1 aromatic heterocycles. The Labute approximate surface area is 156 Å². The van der Waals surface area contributed by atoms with Crippen LogP contribution in [0.3, 0.4) is 0 Å². The summed E-state index contributed by atoms with van der Waals surface area (Å²) >= 11 is 1.13. The standard InChI is InChI=1S/C18H22N4O3S/c1-4-19-17(25)15-12(3)21-18(26-15)22-14(23)8-9-20-16(24)13-7-5-6-11(2)10-13/h5-7,10H,4,8-9H2,1-3H3,(H,19,25)(H,20,24)(H,21,22,23). The summed E-state index contributed by atoms with van der Waals surface area (Å²) in [4.78, 5) is 40.6. The van der Waals surface area contributed by atoms with Gasteiger partial charge in [-0.15, -0.1) is 0 Å². The minimum Gasteiger partial charge on any atom is -0.352 e. The number of hydrogen-bond donors (Lipinski definition) is 3. The first-order valence-corrected chi connectivity index (χ1v) is 9.12. The van der Waals surface area contributed by atoms with Crippen LogP contribution >= 0.6 is 11.3 Å². The van der Waals surface area contributed by atoms with E-state index in [1.807, 2.05) is 26.0 Å². The molecule has 0 spiro atoms. The van der Waals surface area contributed by atoms with Crippen LogP contribution in [0, 0.1) is 13.8 Å². The van der Waals surface area contributed by atoms with Gasteiger partial charge in [-0.1, -0.05) is 29.0 Å². The number of carbonyl (C=O) groups excluding carboxylic acids is 3. The molecule has 0 unspecified atom stereocenters. The highest BCUT2D eigenvalue weighted by Gasteiger charge is 2.16. The number of anilines is 1. The summed E-state index contributed by atoms with van der Waals surface area (Å²) in [5.74, 6) is -0.690. The van der Waals surface area contributed by atoms with Crippen molar-refractivity contribution in [3.8, 4) is 0 Å². The minimum absolute atomic E-state index is 0.118. The molecule has 1 heterocycles. The van der Waals surface area contributed by atoms with Crippen molar-refractivity contribution in [2.45, 2.75) is 27.2 Å². The lowest BCUT2D eigenvalue weighted by atomic mass is 10.1. The quantitative estimate of drug-likeness (QED) is 0.692. The number of hydrogen-bond acceptors (Lipinski definition) is 5. The molecule has 8 heteroatoms. The maximum atomic E-state index is 12.0. The Kier molecular flexibility index (Phi) is 6.85. The van der Waals surface area contributed by atoms with Crippen LogP contribution in [0.4, 0.5) is 5.13 Å². The van der Waals surface area contributed by atoms with E-state index in [0.717, 1.165) is 16.9 Å². The van der Waals surface area contributed by atoms with Gasteiger partial charge in [0, 0.05) is 25.1 Å². The Morgan fingerprint density at radius 2 is 1.88 bits per heavy atom. The van der Waals surface area contributed by atoms with Gasteiger partial charge in [-0.3, -0.25) is 14.4 Å². The second-order valence-electron chi connectivity index (χ2n) is 5.72. The minimum atomic E-state index is -0.272. The van der Waals surface area contributed by atoms with Crippen molar-refractivity contribution in [1.29, 1.82) is 0 Å². The number of aromatic nitrogens is 1. The third kappa shape index (κ3) is 5.38. The van der Waals surface area contributed by atoms with Gasteiger partial charge in [0.2, 0.25) is 5.91 Å². The number of thiazole rings is 1. The Morgan fingerprint density at radius 3 is 2.58 bits per heavy atom. The van der Waals surface area contributed by atoms with E-state index in [2.05, 4.69) is 20.9 Å². The number of aryl methyl sites for hydroxylation is 2. The molecule has 26 heavy (non-hydrogen) atoms. The predicted octanol–water partition coefficient (Wildman–Crippen LogP) is 2.27. The molecule has 3 amide bonds. The summed E-state index contributed by atoms with van der Waals surface area (Å²) in [6.45, 7) is 6.21. The Hall–Kier alpha value is -2.74. The highest BCUT2D eigenvalue weighted by Crippen LogP contribution is 2.22. The van der Waals surface area contributed by atoms with Gasteiger partial charge in [0.15, 0.2) is 5.13 Å². The summed E-state index contributed by atoms with van der Waals surface area (Å²) in [6, 6.07) is 7.24. The van der Waals surface area contributed by atoms with E-state index in [-0.39, 0.29) is 30.7 Å². The van der Waals surface area contributed by atoms with Crippen molar-refractivity contribution in [2.75, 3.05) is 18.4 Å². The van der Waals surface area contributed by atoms with Gasteiger partial charge >= 0.3 is 0 Å². The summed E-state index contributed by atoms with van der Waals surface area (Å²) in [5, 5.41) is 8.45. The second kappa shape index (κ2) is 9.10. The number of carbonyl (C=O) groups is 3. The van der Waals surface area contributed by atoms with E-state index in [9.17, 15) is 14.4 Å². The molecule has 0 atom stereocenters. The van der Waals surface area contributed by atoms with Gasteiger partial charge in [-0.25, -0.2) is 4.98 Å². The Bertz CT molecular complexity index is 817. The zero-order chi connectivity index (χ0) is 19.1. The van der Waals surface area contributed by atoms with Crippen LogP contribution in [0.1, 0.15) is 44.6 Å². The molecule has 0 aliphatic heterocycles. The topological polar surface area (TPSA) is 100 Å². The lowest BCUT2D eigenvalue weighted by molar-refractivity contribution is -0.116. The molecule has 0 saturated heterocycles. The smallest absolute Gasteiger partial charge is 0.263 e. The van der Waals surface area contributed by atoms with E-state index < -0.39 is 0 Å². The maximum Gasteiger partial charge on any atom is 0.263 e. The van der Waals surface area contributed by atoms with Gasteiger partial charge in [0.1, 0.15) is 4.88 Å². The van der Waals surface area contributed by atoms with E-state index in [1.54, 1.807) is 19.1 Å². The molecule has 138 valence electrons. The SMILES string of the molecule is CCNC(=O)c1sc(NC(=O)CCNC(=O)c2cccc(C)c2)nc1C. The number of nitrogens with zero attached hydrogens (tertiary/aromatic N) is 1. The molecule has 7 nitrogen and oxygen atoms in total. The molecule has 0 bridgehead atoms. The largest absolute Gasteiger partial charge is 0.352 e. The number of benzene rings is 1. The van der Waals surface area contributed by atoms with Crippen molar-refractivity contribution in [1.82, 2.24) is 15.6 Å². The number of amides is 3. The second-order valence-corrected chi connectivity index (χ2v) is 6.72. The molecule has 0 saturated carbocycles. The third-order valence-corrected chi connectivity index (χ3v) is 4.58. The van der Waals surface area contributed by atoms with Crippen LogP contribution in [0.25, 0.3) is 0 Å². The molecular weight excluding hydrogens is 352 g/mol. The lowest BCUT2D eigenvalue weighted by Crippen LogP contribution is -2.27. The van der Waals surface area contributed by atoms with Crippen molar-refractivity contribution in [3.05, 3.63) is 46.0 Å². The van der Waals surface area contributed by atoms with Crippen LogP contribution in [0.5, 0.6) is 0 Å². The highest BCUT2D eigenvalue weighted by atomic mass is 32.1. The molecule has 3 N–H and O–H groups in total. The van der Waals surface area contributed by atoms with E-state index in [1.165, 1.54) is 0 Å². The summed E-state index contributed by atoms with van der Waals surface area (Å²) in [7, 11) is 0. The normalized spacial score (nSPS) is 10.3. The fraction of sp³-hybridized carbons (Fsp3) is 0.333. The van der Waals surface area contributed by atoms with Crippen LogP contribution < -0.4 is 16.0 Å². The predicted molar refractivity (Wildman–Crippen MR) is 102 cm³/mol. The molecule has 0 radical (unpaired) electrons. The van der Waals surface area contributed by atoms with Crippen molar-refractivity contribution in [2.24, 2.45) is 0 Å². The highest BCUT2D eigenvalue weighted by molar-refractivity contribution is 7.17. The molecule has 0 aliphatic carbocycles. The first kappa shape index (κ1) is 19.6. The third-order valence-electron chi connectivity index (χ3n) is 3.50. The average molecular weight is 374 g/mol. The van der Waals surface area contributed by atoms with Gasteiger partial charge in [-0.05, 0) is 32.9 Å². The molecular formula is C18H22N4O3S. The number of rotatable bonds is 7. The van der Waals surface area contributed by atoms with Gasteiger partial charge in [-0.2, -0.15) is 0 Å². The summed E-state index contributed by atoms with van der Waals surface area (Å²) in [5.41, 5.74) is 2.13. The van der Waals surface area contributed by atoms with E-state index in [0.29, 0.717) is 27.8 Å². The van der Waals surface area contributed by atoms with E-state index >= 15 is 0 Å². The van der Waals surface area contributed by atoms with Crippen LogP contribution in [0.15, 0.2) is 24.3 Å². The van der Waals surface area contributed by atoms with Crippen molar-refractivity contribution < 1.29 is 14.4 Å². The van der Waals surface area contributed by atoms with Crippen LogP contribution in [-0.4, -0.2) is 35.8 Å². The molecule has 2 rings (SSSR count). The number of nitrogens with one attached hydrogen (secondary N) is 3. The Balaban J connectivity index is 1.83. The van der Waals surface area contributed by atoms with E-state index in [4.69, 9.17) is 0 Å². The maximum absolute atomic E-state index is 12.0. The molecule has 0 fully saturated rings. The fourth-order valence-electron chi connectivity index (χ4n) is 2.26. The zero-order valence-corrected chi connectivity index (χ0v) is 15.8. The fourth-order valence-corrected chi connectivity index (χ4v) is 3.16. The molecule has 1 aromatic carbocycles. The Morgan fingerprint density at radius 1 is 1.12 bits per heavy atom. The lowest BCUT2D eigenvalue weighted by Gasteiger charge is -2.06.